The van der Waals surface area contributed by atoms with E-state index in [4.69, 9.17) is 4.74 Å². The monoisotopic (exact) mass is 288 g/mol. The van der Waals surface area contributed by atoms with Crippen molar-refractivity contribution < 1.29 is 4.74 Å². The van der Waals surface area contributed by atoms with Crippen molar-refractivity contribution in [3.05, 3.63) is 29.8 Å². The van der Waals surface area contributed by atoms with Crippen molar-refractivity contribution in [3.63, 3.8) is 0 Å². The van der Waals surface area contributed by atoms with E-state index in [-0.39, 0.29) is 0 Å². The van der Waals surface area contributed by atoms with E-state index in [1.165, 1.54) is 57.2 Å². The van der Waals surface area contributed by atoms with Crippen LogP contribution in [-0.4, -0.2) is 37.2 Å². The van der Waals surface area contributed by atoms with E-state index >= 15 is 0 Å². The van der Waals surface area contributed by atoms with Crippen LogP contribution in [0.5, 0.6) is 5.75 Å². The number of hydrogen-bond donors (Lipinski definition) is 1. The van der Waals surface area contributed by atoms with Crippen LogP contribution >= 0.6 is 0 Å². The van der Waals surface area contributed by atoms with E-state index in [1.807, 2.05) is 0 Å². The Morgan fingerprint density at radius 2 is 1.71 bits per heavy atom. The highest BCUT2D eigenvalue weighted by molar-refractivity contribution is 5.27. The summed E-state index contributed by atoms with van der Waals surface area (Å²) in [5.74, 6) is 1.000. The number of nitrogens with zero attached hydrogens (tertiary/aromatic N) is 1. The van der Waals surface area contributed by atoms with Crippen molar-refractivity contribution in [2.45, 2.75) is 51.1 Å². The molecule has 3 rings (SSSR count). The van der Waals surface area contributed by atoms with Gasteiger partial charge in [-0.25, -0.2) is 0 Å². The van der Waals surface area contributed by atoms with Gasteiger partial charge < -0.3 is 10.1 Å². The zero-order valence-electron chi connectivity index (χ0n) is 13.0. The fourth-order valence-electron chi connectivity index (χ4n) is 2.91. The molecule has 1 saturated carbocycles. The molecule has 1 aliphatic heterocycles. The van der Waals surface area contributed by atoms with Gasteiger partial charge in [-0.3, -0.25) is 4.90 Å². The molecular formula is C18H28N2O. The molecule has 0 spiro atoms. The zero-order valence-corrected chi connectivity index (χ0v) is 13.0. The van der Waals surface area contributed by atoms with Crippen LogP contribution in [0.2, 0.25) is 0 Å². The topological polar surface area (TPSA) is 24.5 Å². The third kappa shape index (κ3) is 5.33. The maximum atomic E-state index is 5.88. The van der Waals surface area contributed by atoms with Crippen LogP contribution in [0.1, 0.15) is 44.1 Å². The molecule has 116 valence electrons. The van der Waals surface area contributed by atoms with Crippen LogP contribution in [0.4, 0.5) is 0 Å². The van der Waals surface area contributed by atoms with Gasteiger partial charge in [-0.15, -0.1) is 0 Å². The average molecular weight is 288 g/mol. The third-order valence-corrected chi connectivity index (χ3v) is 4.47. The van der Waals surface area contributed by atoms with Crippen LogP contribution in [0.15, 0.2) is 24.3 Å². The second-order valence-corrected chi connectivity index (χ2v) is 6.40. The number of likely N-dealkylation sites (tertiary alicyclic amines) is 1. The minimum absolute atomic E-state index is 0.773. The number of nitrogens with one attached hydrogen (secondary N) is 1. The SMILES string of the molecule is c1cc(OCCN2CCCCCC2)ccc1CNC1CC1. The molecule has 2 aliphatic rings. The van der Waals surface area contributed by atoms with Gasteiger partial charge in [0.25, 0.3) is 0 Å². The lowest BCUT2D eigenvalue weighted by Crippen LogP contribution is -2.29. The Kier molecular flexibility index (Phi) is 5.53. The molecule has 1 aromatic carbocycles. The summed E-state index contributed by atoms with van der Waals surface area (Å²) in [4.78, 5) is 2.54. The number of rotatable bonds is 7. The molecule has 3 heteroatoms. The first-order valence-electron chi connectivity index (χ1n) is 8.58. The first-order chi connectivity index (χ1) is 10.4. The van der Waals surface area contributed by atoms with Crippen molar-refractivity contribution >= 4 is 0 Å². The quantitative estimate of drug-likeness (QED) is 0.834. The second-order valence-electron chi connectivity index (χ2n) is 6.40. The molecule has 1 N–H and O–H groups in total. The molecule has 0 atom stereocenters. The molecule has 3 nitrogen and oxygen atoms in total. The van der Waals surface area contributed by atoms with Crippen LogP contribution in [0.3, 0.4) is 0 Å². The van der Waals surface area contributed by atoms with Crippen molar-refractivity contribution in [3.8, 4) is 5.75 Å². The second kappa shape index (κ2) is 7.81. The smallest absolute Gasteiger partial charge is 0.119 e. The van der Waals surface area contributed by atoms with Gasteiger partial charge in [0.05, 0.1) is 0 Å². The molecule has 1 aliphatic carbocycles. The summed E-state index contributed by atoms with van der Waals surface area (Å²) >= 11 is 0. The largest absolute Gasteiger partial charge is 0.492 e. The van der Waals surface area contributed by atoms with E-state index in [2.05, 4.69) is 34.5 Å². The maximum Gasteiger partial charge on any atom is 0.119 e. The summed E-state index contributed by atoms with van der Waals surface area (Å²) in [5.41, 5.74) is 1.35. The summed E-state index contributed by atoms with van der Waals surface area (Å²) in [6, 6.07) is 9.33. The Hall–Kier alpha value is -1.06. The molecular weight excluding hydrogens is 260 g/mol. The van der Waals surface area contributed by atoms with Crippen LogP contribution in [0.25, 0.3) is 0 Å². The maximum absolute atomic E-state index is 5.88. The fraction of sp³-hybridized carbons (Fsp3) is 0.667. The van der Waals surface area contributed by atoms with Gasteiger partial charge in [0, 0.05) is 19.1 Å². The van der Waals surface area contributed by atoms with Crippen LogP contribution in [0, 0.1) is 0 Å². The van der Waals surface area contributed by atoms with Gasteiger partial charge in [-0.2, -0.15) is 0 Å². The molecule has 1 saturated heterocycles. The fourth-order valence-corrected chi connectivity index (χ4v) is 2.91. The predicted octanol–water partition coefficient (Wildman–Crippen LogP) is 3.19. The van der Waals surface area contributed by atoms with E-state index in [0.717, 1.165) is 31.5 Å². The molecule has 1 aromatic rings. The lowest BCUT2D eigenvalue weighted by Gasteiger charge is -2.19. The molecule has 0 amide bonds. The van der Waals surface area contributed by atoms with E-state index < -0.39 is 0 Å². The lowest BCUT2D eigenvalue weighted by atomic mass is 10.2. The summed E-state index contributed by atoms with van der Waals surface area (Å²) < 4.78 is 5.88. The highest BCUT2D eigenvalue weighted by Crippen LogP contribution is 2.20. The normalized spacial score (nSPS) is 20.2. The number of ether oxygens (including phenoxy) is 1. The Morgan fingerprint density at radius 3 is 2.38 bits per heavy atom. The van der Waals surface area contributed by atoms with Crippen LogP contribution in [-0.2, 0) is 6.54 Å². The molecule has 0 unspecified atom stereocenters. The van der Waals surface area contributed by atoms with Gasteiger partial charge >= 0.3 is 0 Å². The zero-order chi connectivity index (χ0) is 14.3. The van der Waals surface area contributed by atoms with Crippen molar-refractivity contribution in [2.24, 2.45) is 0 Å². The first kappa shape index (κ1) is 14.9. The van der Waals surface area contributed by atoms with E-state index in [9.17, 15) is 0 Å². The summed E-state index contributed by atoms with van der Waals surface area (Å²) in [6.45, 7) is 5.34. The summed E-state index contributed by atoms with van der Waals surface area (Å²) in [5, 5.41) is 3.54. The molecule has 1 heterocycles. The summed E-state index contributed by atoms with van der Waals surface area (Å²) in [7, 11) is 0. The minimum Gasteiger partial charge on any atom is -0.492 e. The highest BCUT2D eigenvalue weighted by atomic mass is 16.5. The minimum atomic E-state index is 0.773. The van der Waals surface area contributed by atoms with Gasteiger partial charge in [0.15, 0.2) is 0 Å². The van der Waals surface area contributed by atoms with Crippen molar-refractivity contribution in [1.29, 1.82) is 0 Å². The average Bonchev–Trinajstić information content (AvgIpc) is 3.34. The Morgan fingerprint density at radius 1 is 1.00 bits per heavy atom. The standard InChI is InChI=1S/C18H28N2O/c1-2-4-12-20(11-3-1)13-14-21-18-9-5-16(6-10-18)15-19-17-7-8-17/h5-6,9-10,17,19H,1-4,7-8,11-15H2. The van der Waals surface area contributed by atoms with Crippen molar-refractivity contribution in [1.82, 2.24) is 10.2 Å². The van der Waals surface area contributed by atoms with Gasteiger partial charge in [0.2, 0.25) is 0 Å². The Labute approximate surface area is 128 Å². The Bertz CT molecular complexity index is 406. The predicted molar refractivity (Wildman–Crippen MR) is 86.7 cm³/mol. The Balaban J connectivity index is 1.36. The first-order valence-corrected chi connectivity index (χ1v) is 8.58. The van der Waals surface area contributed by atoms with Crippen molar-refractivity contribution in [2.75, 3.05) is 26.2 Å². The molecule has 0 aromatic heterocycles. The molecule has 0 bridgehead atoms. The number of benzene rings is 1. The van der Waals surface area contributed by atoms with Crippen LogP contribution < -0.4 is 10.1 Å². The molecule has 2 fully saturated rings. The third-order valence-electron chi connectivity index (χ3n) is 4.47. The van der Waals surface area contributed by atoms with Gasteiger partial charge in [-0.1, -0.05) is 25.0 Å². The number of hydrogen-bond acceptors (Lipinski definition) is 3. The lowest BCUT2D eigenvalue weighted by molar-refractivity contribution is 0.214. The molecule has 21 heavy (non-hydrogen) atoms. The summed E-state index contributed by atoms with van der Waals surface area (Å²) in [6.07, 6.45) is 8.18. The molecule has 0 radical (unpaired) electrons. The van der Waals surface area contributed by atoms with Gasteiger partial charge in [-0.05, 0) is 56.5 Å². The van der Waals surface area contributed by atoms with Gasteiger partial charge in [0.1, 0.15) is 12.4 Å². The highest BCUT2D eigenvalue weighted by Gasteiger charge is 2.19. The van der Waals surface area contributed by atoms with E-state index in [0.29, 0.717) is 0 Å². The van der Waals surface area contributed by atoms with E-state index in [1.54, 1.807) is 0 Å².